The number of rotatable bonds is 6. The zero-order valence-electron chi connectivity index (χ0n) is 33.8. The van der Waals surface area contributed by atoms with Crippen LogP contribution < -0.4 is 4.90 Å². The van der Waals surface area contributed by atoms with E-state index in [-0.39, 0.29) is 27.8 Å². The Labute approximate surface area is 258 Å². The summed E-state index contributed by atoms with van der Waals surface area (Å²) in [6.45, 7) is 0. The largest absolute Gasteiger partial charge is 0.310 e. The zero-order chi connectivity index (χ0) is 37.9. The van der Waals surface area contributed by atoms with Gasteiger partial charge in [0.05, 0.1) is 22.1 Å². The molecule has 0 aliphatic heterocycles. The molecular weight excluding hydrogens is 494 g/mol. The number of benzene rings is 7. The molecule has 0 amide bonds. The molecule has 0 fully saturated rings. The summed E-state index contributed by atoms with van der Waals surface area (Å²) in [5.41, 5.74) is 5.21. The normalized spacial score (nSPS) is 15.0. The topological polar surface area (TPSA) is 3.24 Å². The fourth-order valence-electron chi connectivity index (χ4n) is 4.94. The van der Waals surface area contributed by atoms with Gasteiger partial charge in [0.2, 0.25) is 0 Å². The van der Waals surface area contributed by atoms with E-state index in [9.17, 15) is 0 Å². The smallest absolute Gasteiger partial charge is 0.0645 e. The highest BCUT2D eigenvalue weighted by molar-refractivity contribution is 5.99. The Hall–Kier alpha value is -5.40. The molecule has 0 unspecified atom stereocenters. The molecule has 7 aromatic rings. The van der Waals surface area contributed by atoms with Gasteiger partial charge in [0.15, 0.2) is 0 Å². The van der Waals surface area contributed by atoms with Crippen LogP contribution in [-0.4, -0.2) is 0 Å². The minimum absolute atomic E-state index is 0.191. The Morgan fingerprint density at radius 3 is 1.76 bits per heavy atom. The van der Waals surface area contributed by atoms with Crippen LogP contribution in [0.1, 0.15) is 16.4 Å². The molecule has 0 heterocycles. The maximum absolute atomic E-state index is 9.05. The van der Waals surface area contributed by atoms with Crippen LogP contribution in [0.2, 0.25) is 0 Å². The minimum atomic E-state index is -0.657. The van der Waals surface area contributed by atoms with Gasteiger partial charge in [-0.3, -0.25) is 0 Å². The molecule has 0 saturated heterocycles. The van der Waals surface area contributed by atoms with Crippen LogP contribution in [0.15, 0.2) is 176 Å². The van der Waals surface area contributed by atoms with Crippen LogP contribution in [0.25, 0.3) is 44.2 Å². The second kappa shape index (κ2) is 11.0. The highest BCUT2D eigenvalue weighted by atomic mass is 15.1. The van der Waals surface area contributed by atoms with Crippen molar-refractivity contribution >= 4 is 27.8 Å². The average Bonchev–Trinajstić information content (AvgIpc) is 3.19. The molecular formula is C40H29N. The molecule has 1 heteroatoms. The lowest BCUT2D eigenvalue weighted by Gasteiger charge is -2.27. The SMILES string of the molecule is [2H]c1c([2H])c([2H])c(N(c2ccc(-c3ccc(-c4ccccc4)c(-c4ccccc4)c3)cc2)c2c([2H])c([2H])c([2H])c3c([2H])c([2H])c([2H])c([2H])c23)c([2H])c1[2H]. The van der Waals surface area contributed by atoms with Gasteiger partial charge in [0.1, 0.15) is 0 Å². The summed E-state index contributed by atoms with van der Waals surface area (Å²) in [6.07, 6.45) is 0. The lowest BCUT2D eigenvalue weighted by atomic mass is 9.91. The maximum Gasteiger partial charge on any atom is 0.0645 e. The van der Waals surface area contributed by atoms with E-state index in [2.05, 4.69) is 6.07 Å². The monoisotopic (exact) mass is 535 g/mol. The van der Waals surface area contributed by atoms with Gasteiger partial charge in [-0.1, -0.05) is 139 Å². The van der Waals surface area contributed by atoms with Gasteiger partial charge in [0.25, 0.3) is 0 Å². The third kappa shape index (κ3) is 4.90. The molecule has 7 aromatic carbocycles. The van der Waals surface area contributed by atoms with Crippen molar-refractivity contribution in [2.45, 2.75) is 0 Å². The van der Waals surface area contributed by atoms with Crippen LogP contribution >= 0.6 is 0 Å². The quantitative estimate of drug-likeness (QED) is 0.205. The molecule has 0 N–H and O–H groups in total. The van der Waals surface area contributed by atoms with Crippen LogP contribution in [0.4, 0.5) is 17.1 Å². The van der Waals surface area contributed by atoms with E-state index in [1.807, 2.05) is 72.8 Å². The standard InChI is InChI=1S/C40H29N/c1-4-13-31(14-5-1)37-28-25-34(29-39(37)33-15-6-2-7-16-33)30-23-26-36(27-24-30)41(35-19-8-3-9-20-35)40-22-12-18-32-17-10-11-21-38(32)40/h1-29H/i3D,8D,9D,10D,11D,12D,17D,18D,19D,20D,21D,22D. The van der Waals surface area contributed by atoms with E-state index in [1.165, 1.54) is 4.90 Å². The van der Waals surface area contributed by atoms with Crippen LogP contribution in [0.3, 0.4) is 0 Å². The molecule has 0 bridgehead atoms. The summed E-state index contributed by atoms with van der Waals surface area (Å²) in [4.78, 5) is 1.17. The third-order valence-corrected chi connectivity index (χ3v) is 6.87. The molecule has 194 valence electrons. The Kier molecular flexibility index (Phi) is 3.98. The summed E-state index contributed by atoms with van der Waals surface area (Å²) in [5, 5.41) is -0.616. The first-order chi connectivity index (χ1) is 25.3. The van der Waals surface area contributed by atoms with Crippen molar-refractivity contribution in [1.82, 2.24) is 0 Å². The van der Waals surface area contributed by atoms with E-state index in [4.69, 9.17) is 16.4 Å². The zero-order valence-corrected chi connectivity index (χ0v) is 21.8. The Morgan fingerprint density at radius 1 is 0.415 bits per heavy atom. The molecule has 0 spiro atoms. The van der Waals surface area contributed by atoms with Crippen molar-refractivity contribution < 1.29 is 16.4 Å². The molecule has 41 heavy (non-hydrogen) atoms. The first kappa shape index (κ1) is 14.8. The van der Waals surface area contributed by atoms with Crippen LogP contribution in [-0.2, 0) is 0 Å². The molecule has 0 aliphatic rings. The fourth-order valence-corrected chi connectivity index (χ4v) is 4.94. The van der Waals surface area contributed by atoms with Crippen LogP contribution in [0, 0.1) is 0 Å². The maximum atomic E-state index is 9.05. The first-order valence-corrected chi connectivity index (χ1v) is 13.1. The highest BCUT2D eigenvalue weighted by Crippen LogP contribution is 2.40. The molecule has 1 nitrogen and oxygen atoms in total. The molecule has 0 aliphatic carbocycles. The summed E-state index contributed by atoms with van der Waals surface area (Å²) < 4.78 is 103. The number of hydrogen-bond acceptors (Lipinski definition) is 1. The van der Waals surface area contributed by atoms with Gasteiger partial charge < -0.3 is 4.90 Å². The van der Waals surface area contributed by atoms with E-state index < -0.39 is 72.5 Å². The number of anilines is 3. The van der Waals surface area contributed by atoms with Crippen molar-refractivity contribution in [3.63, 3.8) is 0 Å². The third-order valence-electron chi connectivity index (χ3n) is 6.87. The second-order valence-corrected chi connectivity index (χ2v) is 9.32. The second-order valence-electron chi connectivity index (χ2n) is 9.32. The van der Waals surface area contributed by atoms with E-state index in [1.54, 1.807) is 24.3 Å². The number of hydrogen-bond donors (Lipinski definition) is 0. The summed E-state index contributed by atoms with van der Waals surface area (Å²) >= 11 is 0. The first-order valence-electron chi connectivity index (χ1n) is 19.1. The number of fused-ring (bicyclic) bond motifs is 1. The number of para-hydroxylation sites is 1. The number of nitrogens with zero attached hydrogens (tertiary/aromatic N) is 1. The average molecular weight is 536 g/mol. The van der Waals surface area contributed by atoms with Gasteiger partial charge in [-0.25, -0.2) is 0 Å². The van der Waals surface area contributed by atoms with E-state index in [0.29, 0.717) is 0 Å². The predicted molar refractivity (Wildman–Crippen MR) is 175 cm³/mol. The molecule has 0 radical (unpaired) electrons. The Bertz CT molecular complexity index is 2540. The van der Waals surface area contributed by atoms with Gasteiger partial charge in [-0.15, -0.1) is 0 Å². The van der Waals surface area contributed by atoms with Crippen molar-refractivity contribution in [3.8, 4) is 33.4 Å². The summed E-state index contributed by atoms with van der Waals surface area (Å²) in [5.74, 6) is 0. The van der Waals surface area contributed by atoms with Crippen molar-refractivity contribution in [2.75, 3.05) is 4.90 Å². The fraction of sp³-hybridized carbons (Fsp3) is 0. The van der Waals surface area contributed by atoms with Crippen molar-refractivity contribution in [3.05, 3.63) is 176 Å². The van der Waals surface area contributed by atoms with Gasteiger partial charge in [-0.05, 0) is 75.1 Å². The van der Waals surface area contributed by atoms with Gasteiger partial charge >= 0.3 is 0 Å². The Balaban J connectivity index is 1.49. The summed E-state index contributed by atoms with van der Waals surface area (Å²) in [7, 11) is 0. The van der Waals surface area contributed by atoms with Gasteiger partial charge in [-0.2, -0.15) is 0 Å². The lowest BCUT2D eigenvalue weighted by molar-refractivity contribution is 1.30. The van der Waals surface area contributed by atoms with Crippen LogP contribution in [0.5, 0.6) is 0 Å². The van der Waals surface area contributed by atoms with Crippen molar-refractivity contribution in [1.29, 1.82) is 0 Å². The summed E-state index contributed by atoms with van der Waals surface area (Å²) in [6, 6.07) is 25.3. The van der Waals surface area contributed by atoms with Crippen molar-refractivity contribution in [2.24, 2.45) is 0 Å². The lowest BCUT2D eigenvalue weighted by Crippen LogP contribution is -2.10. The molecule has 7 rings (SSSR count). The van der Waals surface area contributed by atoms with Gasteiger partial charge in [0, 0.05) is 16.8 Å². The molecule has 0 atom stereocenters. The highest BCUT2D eigenvalue weighted by Gasteiger charge is 2.16. The van der Waals surface area contributed by atoms with E-state index >= 15 is 0 Å². The molecule has 0 saturated carbocycles. The van der Waals surface area contributed by atoms with E-state index in [0.717, 1.165) is 33.4 Å². The molecule has 0 aromatic heterocycles. The Morgan fingerprint density at radius 2 is 1.02 bits per heavy atom. The minimum Gasteiger partial charge on any atom is -0.310 e. The predicted octanol–water partition coefficient (Wildman–Crippen LogP) is 11.3.